The third-order valence-electron chi connectivity index (χ3n) is 4.88. The van der Waals surface area contributed by atoms with Crippen molar-refractivity contribution in [3.8, 4) is 5.69 Å². The van der Waals surface area contributed by atoms with Gasteiger partial charge in [-0.2, -0.15) is 5.10 Å². The van der Waals surface area contributed by atoms with E-state index in [4.69, 9.17) is 0 Å². The molecule has 1 atom stereocenters. The fraction of sp³-hybridized carbons (Fsp3) is 0.182. The quantitative estimate of drug-likeness (QED) is 0.535. The fourth-order valence-corrected chi connectivity index (χ4v) is 3.24. The van der Waals surface area contributed by atoms with Crippen LogP contribution in [0.25, 0.3) is 16.7 Å². The van der Waals surface area contributed by atoms with Crippen molar-refractivity contribution in [2.45, 2.75) is 25.9 Å². The third-order valence-corrected chi connectivity index (χ3v) is 4.88. The topological polar surface area (TPSA) is 81.8 Å². The Morgan fingerprint density at radius 1 is 1.13 bits per heavy atom. The molecule has 0 radical (unpaired) electrons. The second-order valence-electron chi connectivity index (χ2n) is 6.96. The van der Waals surface area contributed by atoms with Gasteiger partial charge in [-0.05, 0) is 36.8 Å². The van der Waals surface area contributed by atoms with Gasteiger partial charge in [0.2, 0.25) is 5.91 Å². The van der Waals surface area contributed by atoms with Gasteiger partial charge in [0.15, 0.2) is 5.65 Å². The zero-order chi connectivity index (χ0) is 21.1. The Bertz CT molecular complexity index is 1230. The molecule has 1 amide bonds. The van der Waals surface area contributed by atoms with Crippen molar-refractivity contribution in [1.82, 2.24) is 24.6 Å². The molecular formula is C22H20FN5O2. The van der Waals surface area contributed by atoms with Crippen LogP contribution in [0.5, 0.6) is 0 Å². The Hall–Kier alpha value is -3.81. The third kappa shape index (κ3) is 3.98. The van der Waals surface area contributed by atoms with Crippen LogP contribution in [0, 0.1) is 5.82 Å². The summed E-state index contributed by atoms with van der Waals surface area (Å²) in [5, 5.41) is 7.47. The minimum atomic E-state index is -0.356. The number of fused-ring (bicyclic) bond motifs is 1. The van der Waals surface area contributed by atoms with Gasteiger partial charge in [-0.1, -0.05) is 30.3 Å². The van der Waals surface area contributed by atoms with Crippen LogP contribution in [0.3, 0.4) is 0 Å². The molecule has 4 rings (SSSR count). The number of aromatic nitrogens is 4. The molecule has 2 aromatic carbocycles. The van der Waals surface area contributed by atoms with E-state index < -0.39 is 0 Å². The lowest BCUT2D eigenvalue weighted by atomic mass is 10.1. The molecule has 1 unspecified atom stereocenters. The first kappa shape index (κ1) is 19.5. The minimum absolute atomic E-state index is 0.120. The summed E-state index contributed by atoms with van der Waals surface area (Å²) in [5.41, 5.74) is 1.71. The molecule has 30 heavy (non-hydrogen) atoms. The molecule has 2 heterocycles. The van der Waals surface area contributed by atoms with E-state index in [1.54, 1.807) is 12.1 Å². The first-order valence-electron chi connectivity index (χ1n) is 9.56. The average Bonchev–Trinajstić information content (AvgIpc) is 3.19. The molecule has 8 heteroatoms. The lowest BCUT2D eigenvalue weighted by Crippen LogP contribution is -2.29. The van der Waals surface area contributed by atoms with Crippen LogP contribution < -0.4 is 10.9 Å². The highest BCUT2D eigenvalue weighted by molar-refractivity contribution is 5.77. The standard InChI is InChI=1S/C22H20FN5O2/c1-15(16-5-3-2-4-6-16)26-20(29)11-12-27-14-24-21-19(22(27)30)13-25-28(21)18-9-7-17(23)8-10-18/h2-10,13-15H,11-12H2,1H3,(H,26,29). The van der Waals surface area contributed by atoms with Crippen LogP contribution in [-0.2, 0) is 11.3 Å². The minimum Gasteiger partial charge on any atom is -0.350 e. The molecule has 0 spiro atoms. The Morgan fingerprint density at radius 2 is 1.87 bits per heavy atom. The van der Waals surface area contributed by atoms with E-state index in [9.17, 15) is 14.0 Å². The van der Waals surface area contributed by atoms with Crippen molar-refractivity contribution < 1.29 is 9.18 Å². The normalized spacial score (nSPS) is 12.1. The summed E-state index contributed by atoms with van der Waals surface area (Å²) in [4.78, 5) is 29.4. The van der Waals surface area contributed by atoms with Crippen LogP contribution in [0.15, 0.2) is 71.9 Å². The first-order valence-corrected chi connectivity index (χ1v) is 9.56. The second-order valence-corrected chi connectivity index (χ2v) is 6.96. The van der Waals surface area contributed by atoms with Crippen molar-refractivity contribution >= 4 is 16.9 Å². The van der Waals surface area contributed by atoms with Gasteiger partial charge in [-0.25, -0.2) is 14.1 Å². The van der Waals surface area contributed by atoms with E-state index in [1.165, 1.54) is 33.9 Å². The number of hydrogen-bond acceptors (Lipinski definition) is 4. The maximum absolute atomic E-state index is 13.2. The summed E-state index contributed by atoms with van der Waals surface area (Å²) in [7, 11) is 0. The molecule has 0 saturated carbocycles. The number of amides is 1. The number of rotatable bonds is 6. The molecule has 0 aliphatic carbocycles. The largest absolute Gasteiger partial charge is 0.350 e. The number of aryl methyl sites for hydroxylation is 1. The maximum Gasteiger partial charge on any atom is 0.264 e. The van der Waals surface area contributed by atoms with Crippen molar-refractivity contribution in [3.05, 3.63) is 88.9 Å². The van der Waals surface area contributed by atoms with Gasteiger partial charge < -0.3 is 5.32 Å². The zero-order valence-electron chi connectivity index (χ0n) is 16.3. The molecule has 0 saturated heterocycles. The van der Waals surface area contributed by atoms with Gasteiger partial charge in [-0.3, -0.25) is 14.2 Å². The molecule has 4 aromatic rings. The van der Waals surface area contributed by atoms with Crippen LogP contribution in [0.2, 0.25) is 0 Å². The molecule has 2 aromatic heterocycles. The van der Waals surface area contributed by atoms with Crippen LogP contribution in [-0.4, -0.2) is 25.2 Å². The maximum atomic E-state index is 13.2. The summed E-state index contributed by atoms with van der Waals surface area (Å²) in [5.74, 6) is -0.509. The second kappa shape index (κ2) is 8.28. The predicted molar refractivity (Wildman–Crippen MR) is 111 cm³/mol. The number of benzene rings is 2. The van der Waals surface area contributed by atoms with E-state index in [0.717, 1.165) is 5.56 Å². The highest BCUT2D eigenvalue weighted by Crippen LogP contribution is 2.14. The summed E-state index contributed by atoms with van der Waals surface area (Å²) < 4.78 is 16.0. The molecule has 0 fully saturated rings. The summed E-state index contributed by atoms with van der Waals surface area (Å²) >= 11 is 0. The Balaban J connectivity index is 1.47. The molecule has 7 nitrogen and oxygen atoms in total. The summed E-state index contributed by atoms with van der Waals surface area (Å²) in [6.45, 7) is 2.12. The van der Waals surface area contributed by atoms with E-state index in [2.05, 4.69) is 15.4 Å². The SMILES string of the molecule is CC(NC(=O)CCn1cnc2c(cnn2-c2ccc(F)cc2)c1=O)c1ccccc1. The van der Waals surface area contributed by atoms with Crippen molar-refractivity contribution in [1.29, 1.82) is 0 Å². The van der Waals surface area contributed by atoms with Crippen LogP contribution >= 0.6 is 0 Å². The summed E-state index contributed by atoms with van der Waals surface area (Å²) in [6.07, 6.45) is 2.98. The molecular weight excluding hydrogens is 385 g/mol. The van der Waals surface area contributed by atoms with Crippen LogP contribution in [0.1, 0.15) is 24.9 Å². The molecule has 0 bridgehead atoms. The monoisotopic (exact) mass is 405 g/mol. The van der Waals surface area contributed by atoms with Crippen LogP contribution in [0.4, 0.5) is 4.39 Å². The predicted octanol–water partition coefficient (Wildman–Crippen LogP) is 2.99. The smallest absolute Gasteiger partial charge is 0.264 e. The lowest BCUT2D eigenvalue weighted by Gasteiger charge is -2.14. The van der Waals surface area contributed by atoms with Gasteiger partial charge in [0.05, 0.1) is 24.3 Å². The number of hydrogen-bond donors (Lipinski definition) is 1. The fourth-order valence-electron chi connectivity index (χ4n) is 3.24. The van der Waals surface area contributed by atoms with Gasteiger partial charge in [0.1, 0.15) is 11.2 Å². The highest BCUT2D eigenvalue weighted by atomic mass is 19.1. The van der Waals surface area contributed by atoms with Crippen molar-refractivity contribution in [3.63, 3.8) is 0 Å². The first-order chi connectivity index (χ1) is 14.5. The Kier molecular flexibility index (Phi) is 5.38. The zero-order valence-corrected chi connectivity index (χ0v) is 16.3. The molecule has 0 aliphatic heterocycles. The number of nitrogens with one attached hydrogen (secondary N) is 1. The van der Waals surface area contributed by atoms with Gasteiger partial charge >= 0.3 is 0 Å². The number of halogens is 1. The van der Waals surface area contributed by atoms with Gasteiger partial charge in [0.25, 0.3) is 5.56 Å². The average molecular weight is 405 g/mol. The Morgan fingerprint density at radius 3 is 2.60 bits per heavy atom. The number of carbonyl (C=O) groups is 1. The molecule has 152 valence electrons. The van der Waals surface area contributed by atoms with Gasteiger partial charge in [-0.15, -0.1) is 0 Å². The molecule has 1 N–H and O–H groups in total. The lowest BCUT2D eigenvalue weighted by molar-refractivity contribution is -0.121. The van der Waals surface area contributed by atoms with E-state index in [-0.39, 0.29) is 36.3 Å². The Labute approximate surface area is 171 Å². The highest BCUT2D eigenvalue weighted by Gasteiger charge is 2.13. The number of carbonyl (C=O) groups excluding carboxylic acids is 1. The van der Waals surface area contributed by atoms with Crippen molar-refractivity contribution in [2.75, 3.05) is 0 Å². The van der Waals surface area contributed by atoms with E-state index in [1.807, 2.05) is 37.3 Å². The van der Waals surface area contributed by atoms with Gasteiger partial charge in [0, 0.05) is 13.0 Å². The number of nitrogens with zero attached hydrogens (tertiary/aromatic N) is 4. The van der Waals surface area contributed by atoms with E-state index in [0.29, 0.717) is 16.7 Å². The summed E-state index contributed by atoms with van der Waals surface area (Å²) in [6, 6.07) is 15.3. The van der Waals surface area contributed by atoms with E-state index >= 15 is 0 Å². The van der Waals surface area contributed by atoms with Crippen molar-refractivity contribution in [2.24, 2.45) is 0 Å². The molecule has 0 aliphatic rings.